The average molecular weight is 408 g/mol. The van der Waals surface area contributed by atoms with Crippen LogP contribution in [0.2, 0.25) is 10.0 Å². The zero-order valence-corrected chi connectivity index (χ0v) is 16.8. The minimum absolute atomic E-state index is 0.0903. The summed E-state index contributed by atoms with van der Waals surface area (Å²) in [6.07, 6.45) is 6.27. The summed E-state index contributed by atoms with van der Waals surface area (Å²) in [5.41, 5.74) is 0.734. The number of amides is 1. The van der Waals surface area contributed by atoms with E-state index in [-0.39, 0.29) is 17.9 Å². The Morgan fingerprint density at radius 3 is 2.78 bits per heavy atom. The van der Waals surface area contributed by atoms with Crippen LogP contribution in [0.25, 0.3) is 0 Å². The number of halogens is 2. The molecule has 1 aromatic carbocycles. The summed E-state index contributed by atoms with van der Waals surface area (Å²) < 4.78 is 5.50. The maximum atomic E-state index is 12.6. The molecule has 2 aromatic rings. The van der Waals surface area contributed by atoms with Crippen molar-refractivity contribution < 1.29 is 9.53 Å². The van der Waals surface area contributed by atoms with Crippen LogP contribution in [0.5, 0.6) is 5.88 Å². The molecule has 0 saturated heterocycles. The Morgan fingerprint density at radius 1 is 1.30 bits per heavy atom. The summed E-state index contributed by atoms with van der Waals surface area (Å²) in [6.45, 7) is 2.62. The van der Waals surface area contributed by atoms with Crippen molar-refractivity contribution >= 4 is 29.1 Å². The first-order valence-electron chi connectivity index (χ1n) is 9.19. The second-order valence-corrected chi connectivity index (χ2v) is 7.77. The standard InChI is InChI=1S/C20H23Cl2N3O2/c1-2-10-27-19-6-9-23-17(24-19)12-18(26)25-20(7-3-8-20)13-14-4-5-15(21)11-16(14)22/h4-6,9,11H,2-3,7-8,10,12-13H2,1H3,(H,25,26). The monoisotopic (exact) mass is 407 g/mol. The van der Waals surface area contributed by atoms with Gasteiger partial charge in [-0.15, -0.1) is 0 Å². The van der Waals surface area contributed by atoms with E-state index in [1.54, 1.807) is 18.3 Å². The largest absolute Gasteiger partial charge is 0.478 e. The summed E-state index contributed by atoms with van der Waals surface area (Å²) in [7, 11) is 0. The third-order valence-corrected chi connectivity index (χ3v) is 5.30. The van der Waals surface area contributed by atoms with Crippen molar-refractivity contribution in [3.63, 3.8) is 0 Å². The Kier molecular flexibility index (Phi) is 6.55. The molecule has 27 heavy (non-hydrogen) atoms. The third-order valence-electron chi connectivity index (χ3n) is 4.71. The first-order chi connectivity index (χ1) is 13.0. The number of carbonyl (C=O) groups excluding carboxylic acids is 1. The SMILES string of the molecule is CCCOc1ccnc(CC(=O)NC2(Cc3ccc(Cl)cc3Cl)CCC2)n1. The molecule has 1 aromatic heterocycles. The van der Waals surface area contributed by atoms with Gasteiger partial charge in [0.2, 0.25) is 11.8 Å². The Morgan fingerprint density at radius 2 is 2.11 bits per heavy atom. The summed E-state index contributed by atoms with van der Waals surface area (Å²) in [6, 6.07) is 7.19. The van der Waals surface area contributed by atoms with Gasteiger partial charge >= 0.3 is 0 Å². The molecule has 1 amide bonds. The molecule has 144 valence electrons. The van der Waals surface area contributed by atoms with Crippen LogP contribution in [0.1, 0.15) is 44.0 Å². The van der Waals surface area contributed by atoms with E-state index in [4.69, 9.17) is 27.9 Å². The Balaban J connectivity index is 1.63. The van der Waals surface area contributed by atoms with Crippen molar-refractivity contribution in [3.05, 3.63) is 51.9 Å². The average Bonchev–Trinajstić information content (AvgIpc) is 2.60. The highest BCUT2D eigenvalue weighted by Gasteiger charge is 2.38. The topological polar surface area (TPSA) is 64.1 Å². The summed E-state index contributed by atoms with van der Waals surface area (Å²) >= 11 is 12.3. The molecule has 0 bridgehead atoms. The van der Waals surface area contributed by atoms with Gasteiger partial charge in [-0.05, 0) is 49.8 Å². The van der Waals surface area contributed by atoms with E-state index < -0.39 is 0 Å². The smallest absolute Gasteiger partial charge is 0.228 e. The number of nitrogens with one attached hydrogen (secondary N) is 1. The first-order valence-corrected chi connectivity index (χ1v) is 9.95. The molecule has 1 fully saturated rings. The molecule has 7 heteroatoms. The van der Waals surface area contributed by atoms with Gasteiger partial charge < -0.3 is 10.1 Å². The number of aromatic nitrogens is 2. The van der Waals surface area contributed by atoms with E-state index in [1.165, 1.54) is 0 Å². The number of hydrogen-bond acceptors (Lipinski definition) is 4. The van der Waals surface area contributed by atoms with Crippen molar-refractivity contribution in [3.8, 4) is 5.88 Å². The molecule has 1 heterocycles. The molecule has 0 spiro atoms. The van der Waals surface area contributed by atoms with Crippen LogP contribution in [0, 0.1) is 0 Å². The van der Waals surface area contributed by atoms with Crippen molar-refractivity contribution in [1.29, 1.82) is 0 Å². The quantitative estimate of drug-likeness (QED) is 0.704. The third kappa shape index (κ3) is 5.33. The van der Waals surface area contributed by atoms with Gasteiger partial charge in [-0.25, -0.2) is 4.98 Å². The lowest BCUT2D eigenvalue weighted by molar-refractivity contribution is -0.123. The molecule has 0 aliphatic heterocycles. The highest BCUT2D eigenvalue weighted by Crippen LogP contribution is 2.37. The molecule has 3 rings (SSSR count). The van der Waals surface area contributed by atoms with Crippen LogP contribution >= 0.6 is 23.2 Å². The van der Waals surface area contributed by atoms with E-state index in [0.717, 1.165) is 31.2 Å². The summed E-state index contributed by atoms with van der Waals surface area (Å²) in [5, 5.41) is 4.42. The summed E-state index contributed by atoms with van der Waals surface area (Å²) in [5.74, 6) is 0.869. The Labute approximate surface area is 169 Å². The van der Waals surface area contributed by atoms with E-state index in [0.29, 0.717) is 34.8 Å². The van der Waals surface area contributed by atoms with Crippen LogP contribution in [-0.2, 0) is 17.6 Å². The highest BCUT2D eigenvalue weighted by atomic mass is 35.5. The molecular weight excluding hydrogens is 385 g/mol. The van der Waals surface area contributed by atoms with Crippen molar-refractivity contribution in [2.24, 2.45) is 0 Å². The van der Waals surface area contributed by atoms with Gasteiger partial charge in [-0.2, -0.15) is 4.98 Å². The maximum Gasteiger partial charge on any atom is 0.228 e. The van der Waals surface area contributed by atoms with Crippen LogP contribution in [0.15, 0.2) is 30.5 Å². The lowest BCUT2D eigenvalue weighted by atomic mass is 9.72. The van der Waals surface area contributed by atoms with E-state index in [1.807, 2.05) is 19.1 Å². The molecular formula is C20H23Cl2N3O2. The number of hydrogen-bond donors (Lipinski definition) is 1. The van der Waals surface area contributed by atoms with Crippen molar-refractivity contribution in [2.45, 2.75) is 51.0 Å². The summed E-state index contributed by atoms with van der Waals surface area (Å²) in [4.78, 5) is 21.1. The van der Waals surface area contributed by atoms with E-state index in [2.05, 4.69) is 15.3 Å². The Bertz CT molecular complexity index is 810. The minimum Gasteiger partial charge on any atom is -0.478 e. The minimum atomic E-state index is -0.259. The van der Waals surface area contributed by atoms with Gasteiger partial charge in [0.1, 0.15) is 5.82 Å². The molecule has 1 N–H and O–H groups in total. The molecule has 5 nitrogen and oxygen atoms in total. The number of carbonyl (C=O) groups is 1. The second-order valence-electron chi connectivity index (χ2n) is 6.93. The molecule has 0 atom stereocenters. The highest BCUT2D eigenvalue weighted by molar-refractivity contribution is 6.35. The van der Waals surface area contributed by atoms with Crippen LogP contribution in [0.3, 0.4) is 0 Å². The van der Waals surface area contributed by atoms with Gasteiger partial charge in [0.05, 0.1) is 13.0 Å². The lowest BCUT2D eigenvalue weighted by Gasteiger charge is -2.43. The number of ether oxygens (including phenoxy) is 1. The number of benzene rings is 1. The first kappa shape index (κ1) is 19.9. The van der Waals surface area contributed by atoms with Crippen molar-refractivity contribution in [1.82, 2.24) is 15.3 Å². The van der Waals surface area contributed by atoms with Gasteiger partial charge in [0, 0.05) is 27.8 Å². The van der Waals surface area contributed by atoms with Crippen LogP contribution in [0.4, 0.5) is 0 Å². The number of nitrogens with zero attached hydrogens (tertiary/aromatic N) is 2. The van der Waals surface area contributed by atoms with Crippen molar-refractivity contribution in [2.75, 3.05) is 6.61 Å². The maximum absolute atomic E-state index is 12.6. The lowest BCUT2D eigenvalue weighted by Crippen LogP contribution is -2.55. The number of rotatable bonds is 8. The fourth-order valence-electron chi connectivity index (χ4n) is 3.22. The van der Waals surface area contributed by atoms with Gasteiger partial charge in [0.25, 0.3) is 0 Å². The van der Waals surface area contributed by atoms with Crippen LogP contribution < -0.4 is 10.1 Å². The fourth-order valence-corrected chi connectivity index (χ4v) is 3.69. The predicted molar refractivity (Wildman–Crippen MR) is 106 cm³/mol. The zero-order valence-electron chi connectivity index (χ0n) is 15.3. The van der Waals surface area contributed by atoms with Gasteiger partial charge in [-0.1, -0.05) is 36.2 Å². The second kappa shape index (κ2) is 8.89. The predicted octanol–water partition coefficient (Wildman–Crippen LogP) is 4.40. The van der Waals surface area contributed by atoms with Gasteiger partial charge in [0.15, 0.2) is 0 Å². The zero-order chi connectivity index (χ0) is 19.3. The molecule has 1 saturated carbocycles. The molecule has 1 aliphatic carbocycles. The van der Waals surface area contributed by atoms with Crippen LogP contribution in [-0.4, -0.2) is 28.0 Å². The molecule has 0 unspecified atom stereocenters. The molecule has 1 aliphatic rings. The fraction of sp³-hybridized carbons (Fsp3) is 0.450. The Hall–Kier alpha value is -1.85. The van der Waals surface area contributed by atoms with E-state index in [9.17, 15) is 4.79 Å². The molecule has 0 radical (unpaired) electrons. The van der Waals surface area contributed by atoms with Gasteiger partial charge in [-0.3, -0.25) is 4.79 Å². The van der Waals surface area contributed by atoms with E-state index >= 15 is 0 Å². The normalized spacial score (nSPS) is 15.1.